The molecule has 4 aromatic rings. The second-order valence-electron chi connectivity index (χ2n) is 6.60. The zero-order valence-corrected chi connectivity index (χ0v) is 18.1. The molecule has 0 spiro atoms. The monoisotopic (exact) mass is 449 g/mol. The standard InChI is InChI=1S/C25H21OP.BrH/c26-25-19-11-10-12-21(25)20-27(22-13-4-1-5-14-22,23-15-6-2-7-16-23)24-17-8-3-9-18-24;/h1-19H,20H2;1H/p+1. The number of phenolic OH excluding ortho intramolecular Hbond substituents is 1. The summed E-state index contributed by atoms with van der Waals surface area (Å²) in [7, 11) is -1.96. The van der Waals surface area contributed by atoms with Crippen molar-refractivity contribution < 1.29 is 5.11 Å². The molecule has 0 aliphatic heterocycles. The first-order chi connectivity index (χ1) is 13.3. The Balaban J connectivity index is 0.00000225. The minimum absolute atomic E-state index is 0. The molecule has 4 rings (SSSR count). The van der Waals surface area contributed by atoms with E-state index in [1.54, 1.807) is 6.07 Å². The minimum atomic E-state index is -1.96. The van der Waals surface area contributed by atoms with Gasteiger partial charge in [-0.05, 0) is 42.5 Å². The summed E-state index contributed by atoms with van der Waals surface area (Å²) in [5.74, 6) is 0.365. The van der Waals surface area contributed by atoms with Gasteiger partial charge in [-0.15, -0.1) is 17.0 Å². The first-order valence-electron chi connectivity index (χ1n) is 9.12. The van der Waals surface area contributed by atoms with Gasteiger partial charge in [0.15, 0.2) is 0 Å². The summed E-state index contributed by atoms with van der Waals surface area (Å²) in [6, 6.07) is 40.0. The maximum absolute atomic E-state index is 10.5. The van der Waals surface area contributed by atoms with E-state index in [1.165, 1.54) is 15.9 Å². The summed E-state index contributed by atoms with van der Waals surface area (Å²) in [5.41, 5.74) is 0.988. The lowest BCUT2D eigenvalue weighted by atomic mass is 10.2. The summed E-state index contributed by atoms with van der Waals surface area (Å²) < 4.78 is 0. The number of para-hydroxylation sites is 1. The van der Waals surface area contributed by atoms with Crippen molar-refractivity contribution in [2.24, 2.45) is 0 Å². The van der Waals surface area contributed by atoms with Gasteiger partial charge in [-0.3, -0.25) is 0 Å². The van der Waals surface area contributed by atoms with Crippen LogP contribution in [0.15, 0.2) is 115 Å². The molecule has 0 atom stereocenters. The maximum Gasteiger partial charge on any atom is 0.122 e. The highest BCUT2D eigenvalue weighted by Gasteiger charge is 2.45. The average Bonchev–Trinajstić information content (AvgIpc) is 2.75. The number of hydrogen-bond acceptors (Lipinski definition) is 1. The molecule has 1 N–H and O–H groups in total. The van der Waals surface area contributed by atoms with Crippen LogP contribution in [0.2, 0.25) is 0 Å². The summed E-state index contributed by atoms with van der Waals surface area (Å²) in [4.78, 5) is 0. The highest BCUT2D eigenvalue weighted by molar-refractivity contribution is 8.93. The average molecular weight is 450 g/mol. The van der Waals surface area contributed by atoms with Crippen molar-refractivity contribution in [3.8, 4) is 5.75 Å². The molecule has 0 aliphatic carbocycles. The molecule has 0 unspecified atom stereocenters. The van der Waals surface area contributed by atoms with Crippen molar-refractivity contribution in [3.05, 3.63) is 121 Å². The van der Waals surface area contributed by atoms with E-state index in [2.05, 4.69) is 91.0 Å². The van der Waals surface area contributed by atoms with Crippen molar-refractivity contribution in [1.82, 2.24) is 0 Å². The lowest BCUT2D eigenvalue weighted by Gasteiger charge is -2.28. The topological polar surface area (TPSA) is 20.2 Å². The Morgan fingerprint density at radius 3 is 1.25 bits per heavy atom. The maximum atomic E-state index is 10.5. The van der Waals surface area contributed by atoms with Gasteiger partial charge in [0.1, 0.15) is 35.1 Å². The van der Waals surface area contributed by atoms with Crippen molar-refractivity contribution in [3.63, 3.8) is 0 Å². The number of hydrogen-bond donors (Lipinski definition) is 1. The molecular weight excluding hydrogens is 427 g/mol. The number of phenols is 1. The van der Waals surface area contributed by atoms with E-state index >= 15 is 0 Å². The second-order valence-corrected chi connectivity index (χ2v) is 10.1. The molecule has 4 aromatic carbocycles. The smallest absolute Gasteiger partial charge is 0.122 e. The van der Waals surface area contributed by atoms with Gasteiger partial charge in [-0.2, -0.15) is 0 Å². The third-order valence-electron chi connectivity index (χ3n) is 4.99. The predicted octanol–water partition coefficient (Wildman–Crippen LogP) is 5.46. The molecule has 0 aromatic heterocycles. The number of rotatable bonds is 5. The summed E-state index contributed by atoms with van der Waals surface area (Å²) >= 11 is 0. The molecule has 3 heteroatoms. The van der Waals surface area contributed by atoms with Crippen LogP contribution in [0.1, 0.15) is 5.56 Å². The molecule has 0 saturated heterocycles. The van der Waals surface area contributed by atoms with Crippen LogP contribution in [0.25, 0.3) is 0 Å². The van der Waals surface area contributed by atoms with Gasteiger partial charge in [-0.1, -0.05) is 72.8 Å². The first-order valence-corrected chi connectivity index (χ1v) is 11.1. The van der Waals surface area contributed by atoms with Crippen molar-refractivity contribution >= 4 is 40.2 Å². The van der Waals surface area contributed by atoms with E-state index in [-0.39, 0.29) is 17.0 Å². The molecule has 0 heterocycles. The van der Waals surface area contributed by atoms with E-state index in [0.717, 1.165) is 11.7 Å². The quantitative estimate of drug-likeness (QED) is 0.400. The lowest BCUT2D eigenvalue weighted by Crippen LogP contribution is -2.32. The fourth-order valence-electron chi connectivity index (χ4n) is 3.67. The summed E-state index contributed by atoms with van der Waals surface area (Å²) in [6.45, 7) is 0. The Morgan fingerprint density at radius 2 is 0.857 bits per heavy atom. The normalized spacial score (nSPS) is 10.9. The van der Waals surface area contributed by atoms with E-state index in [1.807, 2.05) is 18.2 Å². The van der Waals surface area contributed by atoms with Gasteiger partial charge >= 0.3 is 0 Å². The fourth-order valence-corrected chi connectivity index (χ4v) is 7.93. The van der Waals surface area contributed by atoms with Crippen molar-refractivity contribution in [2.75, 3.05) is 0 Å². The molecule has 0 fully saturated rings. The molecular formula is C25H23BrOP+. The highest BCUT2D eigenvalue weighted by atomic mass is 79.9. The number of aromatic hydroxyl groups is 1. The SMILES string of the molecule is Br.Oc1ccccc1C[P+](c1ccccc1)(c1ccccc1)c1ccccc1. The first kappa shape index (κ1) is 20.3. The molecule has 140 valence electrons. The Morgan fingerprint density at radius 1 is 0.500 bits per heavy atom. The van der Waals surface area contributed by atoms with E-state index in [4.69, 9.17) is 0 Å². The van der Waals surface area contributed by atoms with Crippen LogP contribution < -0.4 is 15.9 Å². The van der Waals surface area contributed by atoms with Gasteiger partial charge in [-0.25, -0.2) is 0 Å². The Hall–Kier alpha value is -2.41. The van der Waals surface area contributed by atoms with Gasteiger partial charge < -0.3 is 5.11 Å². The minimum Gasteiger partial charge on any atom is -0.508 e. The van der Waals surface area contributed by atoms with Crippen LogP contribution in [0.5, 0.6) is 5.75 Å². The van der Waals surface area contributed by atoms with Crippen LogP contribution in [-0.2, 0) is 6.16 Å². The third-order valence-corrected chi connectivity index (χ3v) is 9.34. The predicted molar refractivity (Wildman–Crippen MR) is 127 cm³/mol. The molecule has 1 nitrogen and oxygen atoms in total. The Kier molecular flexibility index (Phi) is 6.67. The third kappa shape index (κ3) is 3.90. The molecule has 28 heavy (non-hydrogen) atoms. The highest BCUT2D eigenvalue weighted by Crippen LogP contribution is 2.58. The molecule has 0 saturated carbocycles. The number of benzene rings is 4. The molecule has 0 aliphatic rings. The second kappa shape index (κ2) is 9.19. The summed E-state index contributed by atoms with van der Waals surface area (Å²) in [5, 5.41) is 14.5. The fraction of sp³-hybridized carbons (Fsp3) is 0.0400. The van der Waals surface area contributed by atoms with Gasteiger partial charge in [0.2, 0.25) is 0 Å². The molecule has 0 radical (unpaired) electrons. The van der Waals surface area contributed by atoms with Crippen molar-refractivity contribution in [1.29, 1.82) is 0 Å². The zero-order chi connectivity index (χ0) is 18.5. The van der Waals surface area contributed by atoms with E-state index < -0.39 is 7.26 Å². The van der Waals surface area contributed by atoms with Crippen LogP contribution in [0.3, 0.4) is 0 Å². The van der Waals surface area contributed by atoms with Crippen LogP contribution >= 0.6 is 24.2 Å². The molecule has 0 amide bonds. The summed E-state index contributed by atoms with van der Waals surface area (Å²) in [6.07, 6.45) is 0.789. The van der Waals surface area contributed by atoms with E-state index in [9.17, 15) is 5.11 Å². The van der Waals surface area contributed by atoms with Gasteiger partial charge in [0.05, 0.1) is 0 Å². The largest absolute Gasteiger partial charge is 0.508 e. The Labute approximate surface area is 177 Å². The van der Waals surface area contributed by atoms with Crippen LogP contribution in [0.4, 0.5) is 0 Å². The zero-order valence-electron chi connectivity index (χ0n) is 15.5. The Bertz CT molecular complexity index is 907. The van der Waals surface area contributed by atoms with Crippen molar-refractivity contribution in [2.45, 2.75) is 6.16 Å². The number of halogens is 1. The van der Waals surface area contributed by atoms with Gasteiger partial charge in [0, 0.05) is 5.56 Å². The lowest BCUT2D eigenvalue weighted by molar-refractivity contribution is 0.470. The van der Waals surface area contributed by atoms with Gasteiger partial charge in [0.25, 0.3) is 0 Å². The van der Waals surface area contributed by atoms with Crippen LogP contribution in [0, 0.1) is 0 Å². The van der Waals surface area contributed by atoms with E-state index in [0.29, 0.717) is 5.75 Å². The van der Waals surface area contributed by atoms with Crippen LogP contribution in [-0.4, -0.2) is 5.11 Å². The molecule has 0 bridgehead atoms.